The number of hydrogen-bond donors (Lipinski definition) is 1. The second kappa shape index (κ2) is 11.1. The van der Waals surface area contributed by atoms with Crippen LogP contribution in [0.1, 0.15) is 36.9 Å². The zero-order valence-electron chi connectivity index (χ0n) is 20.4. The normalized spacial score (nSPS) is 20.2. The van der Waals surface area contributed by atoms with Gasteiger partial charge in [0, 0.05) is 36.1 Å². The highest BCUT2D eigenvalue weighted by molar-refractivity contribution is 7.89. The fraction of sp³-hybridized carbons (Fsp3) is 0.333. The minimum absolute atomic E-state index is 0.0107. The van der Waals surface area contributed by atoms with Crippen LogP contribution in [0.3, 0.4) is 0 Å². The number of aromatic nitrogens is 3. The summed E-state index contributed by atoms with van der Waals surface area (Å²) in [4.78, 5) is 22.8. The molecule has 1 amide bonds. The van der Waals surface area contributed by atoms with E-state index >= 15 is 0 Å². The van der Waals surface area contributed by atoms with Crippen LogP contribution in [-0.4, -0.2) is 51.8 Å². The van der Waals surface area contributed by atoms with Crippen LogP contribution in [0.4, 0.5) is 30.7 Å². The molecule has 3 atom stereocenters. The molecule has 3 heterocycles. The molecule has 1 N–H and O–H groups in total. The molecule has 8 nitrogen and oxygen atoms in total. The number of hydrogen-bond acceptors (Lipinski definition) is 6. The lowest BCUT2D eigenvalue weighted by molar-refractivity contribution is -0.145. The van der Waals surface area contributed by atoms with Gasteiger partial charge in [-0.2, -0.15) is 17.5 Å². The summed E-state index contributed by atoms with van der Waals surface area (Å²) in [5.41, 5.74) is -1.04. The van der Waals surface area contributed by atoms with Gasteiger partial charge in [0.2, 0.25) is 21.8 Å². The smallest absolute Gasteiger partial charge is 0.349 e. The van der Waals surface area contributed by atoms with Crippen molar-refractivity contribution < 1.29 is 43.9 Å². The van der Waals surface area contributed by atoms with Crippen molar-refractivity contribution in [3.8, 4) is 11.1 Å². The number of nitrogens with zero attached hydrogens (tertiary/aromatic N) is 4. The first-order chi connectivity index (χ1) is 18.7. The van der Waals surface area contributed by atoms with E-state index < -0.39 is 77.0 Å². The second-order valence-electron chi connectivity index (χ2n) is 8.87. The van der Waals surface area contributed by atoms with E-state index in [1.54, 1.807) is 0 Å². The van der Waals surface area contributed by atoms with Crippen molar-refractivity contribution in [2.45, 2.75) is 55.6 Å². The van der Waals surface area contributed by atoms with E-state index in [1.165, 1.54) is 6.92 Å². The van der Waals surface area contributed by atoms with Gasteiger partial charge in [-0.15, -0.1) is 0 Å². The van der Waals surface area contributed by atoms with Crippen molar-refractivity contribution in [1.29, 1.82) is 0 Å². The molecule has 1 saturated heterocycles. The summed E-state index contributed by atoms with van der Waals surface area (Å²) >= 11 is 0. The summed E-state index contributed by atoms with van der Waals surface area (Å²) in [6.07, 6.45) is -7.84. The molecule has 0 radical (unpaired) electrons. The van der Waals surface area contributed by atoms with E-state index in [-0.39, 0.29) is 21.7 Å². The van der Waals surface area contributed by atoms with Gasteiger partial charge < -0.3 is 5.32 Å². The Bertz CT molecular complexity index is 1490. The average molecular weight is 592 g/mol. The molecule has 40 heavy (non-hydrogen) atoms. The third kappa shape index (κ3) is 5.91. The quantitative estimate of drug-likeness (QED) is 0.408. The highest BCUT2D eigenvalue weighted by Crippen LogP contribution is 2.34. The molecule has 1 aliphatic rings. The molecule has 0 aliphatic carbocycles. The number of pyridine rings is 1. The van der Waals surface area contributed by atoms with E-state index in [0.29, 0.717) is 4.31 Å². The zero-order chi connectivity index (χ0) is 29.4. The van der Waals surface area contributed by atoms with Crippen LogP contribution >= 0.6 is 0 Å². The van der Waals surface area contributed by atoms with Crippen LogP contribution in [0.15, 0.2) is 53.8 Å². The Morgan fingerprint density at radius 3 is 2.30 bits per heavy atom. The molecule has 0 unspecified atom stereocenters. The summed E-state index contributed by atoms with van der Waals surface area (Å²) in [7, 11) is -4.41. The molecular formula is C24H20F7N5O3S. The highest BCUT2D eigenvalue weighted by Gasteiger charge is 2.49. The molecule has 0 saturated carbocycles. The predicted octanol–water partition coefficient (Wildman–Crippen LogP) is 4.44. The van der Waals surface area contributed by atoms with Gasteiger partial charge in [0.15, 0.2) is 0 Å². The van der Waals surface area contributed by atoms with Crippen LogP contribution in [0, 0.1) is 5.82 Å². The standard InChI is InChI=1S/C24H20F7N5O3S/c1-12-19(26)7-20(36(12)40(38,39)16-4-2-14(25)3-5-16)22(37)33-10-15-6-17(18(11-32-15)21(27)28)13-8-34-23(35-9-13)24(29,30)31/h2-6,8-9,11-12,19-21H,7,10H2,1H3,(H,33,37)/t12-,19+,20-/m0/s1. The van der Waals surface area contributed by atoms with E-state index in [0.717, 1.165) is 48.9 Å². The van der Waals surface area contributed by atoms with E-state index in [9.17, 15) is 43.9 Å². The first-order valence-corrected chi connectivity index (χ1v) is 13.0. The van der Waals surface area contributed by atoms with Gasteiger partial charge in [0.25, 0.3) is 6.43 Å². The van der Waals surface area contributed by atoms with Crippen molar-refractivity contribution >= 4 is 15.9 Å². The Morgan fingerprint density at radius 2 is 1.73 bits per heavy atom. The Kier molecular flexibility index (Phi) is 8.12. The number of rotatable bonds is 7. The third-order valence-electron chi connectivity index (χ3n) is 6.26. The lowest BCUT2D eigenvalue weighted by atomic mass is 10.0. The Morgan fingerprint density at radius 1 is 1.10 bits per heavy atom. The molecule has 1 aromatic carbocycles. The van der Waals surface area contributed by atoms with Gasteiger partial charge in [0.1, 0.15) is 18.0 Å². The topological polar surface area (TPSA) is 105 Å². The number of alkyl halides is 6. The summed E-state index contributed by atoms with van der Waals surface area (Å²) in [6.45, 7) is 0.866. The first-order valence-electron chi connectivity index (χ1n) is 11.6. The van der Waals surface area contributed by atoms with Crippen molar-refractivity contribution in [3.05, 3.63) is 71.8 Å². The van der Waals surface area contributed by atoms with Crippen molar-refractivity contribution in [1.82, 2.24) is 24.6 Å². The highest BCUT2D eigenvalue weighted by atomic mass is 32.2. The first kappa shape index (κ1) is 29.3. The molecule has 2 aromatic heterocycles. The van der Waals surface area contributed by atoms with E-state index in [4.69, 9.17) is 0 Å². The summed E-state index contributed by atoms with van der Waals surface area (Å²) in [5.74, 6) is -3.07. The van der Waals surface area contributed by atoms with Gasteiger partial charge in [-0.25, -0.2) is 35.9 Å². The lowest BCUT2D eigenvalue weighted by Gasteiger charge is -2.26. The Labute approximate surface area is 223 Å². The molecule has 16 heteroatoms. The van der Waals surface area contributed by atoms with Gasteiger partial charge in [-0.3, -0.25) is 9.78 Å². The summed E-state index contributed by atoms with van der Waals surface area (Å²) in [6, 6.07) is 2.17. The maximum Gasteiger partial charge on any atom is 0.451 e. The van der Waals surface area contributed by atoms with Gasteiger partial charge in [0.05, 0.1) is 23.2 Å². The number of carbonyl (C=O) groups excluding carboxylic acids is 1. The van der Waals surface area contributed by atoms with Crippen molar-refractivity contribution in [2.75, 3.05) is 0 Å². The largest absolute Gasteiger partial charge is 0.451 e. The van der Waals surface area contributed by atoms with Gasteiger partial charge in [-0.1, -0.05) is 0 Å². The van der Waals surface area contributed by atoms with Gasteiger partial charge >= 0.3 is 6.18 Å². The minimum atomic E-state index is -4.84. The summed E-state index contributed by atoms with van der Waals surface area (Å²) in [5, 5.41) is 2.40. The van der Waals surface area contributed by atoms with E-state index in [1.807, 2.05) is 0 Å². The average Bonchev–Trinajstić information content (AvgIpc) is 3.21. The molecule has 1 fully saturated rings. The maximum atomic E-state index is 14.6. The van der Waals surface area contributed by atoms with Crippen LogP contribution < -0.4 is 5.32 Å². The maximum absolute atomic E-state index is 14.6. The van der Waals surface area contributed by atoms with Crippen LogP contribution in [0.5, 0.6) is 0 Å². The molecule has 3 aromatic rings. The predicted molar refractivity (Wildman–Crippen MR) is 125 cm³/mol. The molecule has 0 spiro atoms. The monoisotopic (exact) mass is 591 g/mol. The minimum Gasteiger partial charge on any atom is -0.349 e. The SMILES string of the molecule is C[C@H]1[C@H](F)C[C@@H](C(=O)NCc2cc(-c3cnc(C(F)(F)F)nc3)c(C(F)F)cn2)N1S(=O)(=O)c1ccc(F)cc1. The number of halogens is 7. The third-order valence-corrected chi connectivity index (χ3v) is 8.27. The Balaban J connectivity index is 1.57. The number of sulfonamides is 1. The van der Waals surface area contributed by atoms with E-state index in [2.05, 4.69) is 20.3 Å². The molecular weight excluding hydrogens is 571 g/mol. The second-order valence-corrected chi connectivity index (χ2v) is 10.7. The number of carbonyl (C=O) groups is 1. The number of nitrogens with one attached hydrogen (secondary N) is 1. The number of amides is 1. The fourth-order valence-corrected chi connectivity index (χ4v) is 6.04. The lowest BCUT2D eigenvalue weighted by Crippen LogP contribution is -2.48. The number of benzene rings is 1. The molecule has 214 valence electrons. The van der Waals surface area contributed by atoms with Crippen LogP contribution in [0.2, 0.25) is 0 Å². The fourth-order valence-electron chi connectivity index (χ4n) is 4.23. The Hall–Kier alpha value is -3.66. The van der Waals surface area contributed by atoms with Crippen LogP contribution in [0.25, 0.3) is 11.1 Å². The van der Waals surface area contributed by atoms with Crippen LogP contribution in [-0.2, 0) is 27.5 Å². The van der Waals surface area contributed by atoms with Crippen molar-refractivity contribution in [2.24, 2.45) is 0 Å². The van der Waals surface area contributed by atoms with Crippen molar-refractivity contribution in [3.63, 3.8) is 0 Å². The summed E-state index contributed by atoms with van der Waals surface area (Å²) < 4.78 is 120. The molecule has 0 bridgehead atoms. The molecule has 4 rings (SSSR count). The van der Waals surface area contributed by atoms with Gasteiger partial charge in [-0.05, 0) is 42.8 Å². The zero-order valence-corrected chi connectivity index (χ0v) is 21.2. The molecule has 1 aliphatic heterocycles.